The first-order valence-electron chi connectivity index (χ1n) is 7.24. The van der Waals surface area contributed by atoms with Crippen molar-refractivity contribution in [2.45, 2.75) is 56.9 Å². The summed E-state index contributed by atoms with van der Waals surface area (Å²) in [6.07, 6.45) is 2.30. The Kier molecular flexibility index (Phi) is 4.52. The van der Waals surface area contributed by atoms with Gasteiger partial charge in [0.25, 0.3) is 0 Å². The van der Waals surface area contributed by atoms with Gasteiger partial charge in [-0.1, -0.05) is 0 Å². The van der Waals surface area contributed by atoms with Crippen LogP contribution < -0.4 is 0 Å². The number of nitrogens with zero attached hydrogens (tertiary/aromatic N) is 2. The maximum absolute atomic E-state index is 12.5. The minimum Gasteiger partial charge on any atom is -0.444 e. The maximum Gasteiger partial charge on any atom is 0.411 e. The molecule has 2 rings (SSSR count). The number of ether oxygens (including phenoxy) is 1. The Morgan fingerprint density at radius 1 is 1.20 bits per heavy atom. The standard InChI is InChI=1S/C14H24N2O3S/c1-14(2,3)19-13(18)16-9-10(20)8-11(16)12(17)15-6-4-5-7-15/h10-11,20H,4-9H2,1-3H3/t10-,11-/m0/s1. The fourth-order valence-electron chi connectivity index (χ4n) is 2.72. The van der Waals surface area contributed by atoms with E-state index in [4.69, 9.17) is 4.74 Å². The summed E-state index contributed by atoms with van der Waals surface area (Å²) in [5, 5.41) is 0.0408. The lowest BCUT2D eigenvalue weighted by atomic mass is 10.2. The SMILES string of the molecule is CC(C)(C)OC(=O)N1C[C@@H](S)C[C@H]1C(=O)N1CCCC1. The Hall–Kier alpha value is -0.910. The first-order chi connectivity index (χ1) is 9.28. The molecule has 0 aromatic rings. The van der Waals surface area contributed by atoms with Gasteiger partial charge in [0.05, 0.1) is 0 Å². The van der Waals surface area contributed by atoms with Gasteiger partial charge in [0, 0.05) is 24.9 Å². The third-order valence-electron chi connectivity index (χ3n) is 3.61. The molecular weight excluding hydrogens is 276 g/mol. The van der Waals surface area contributed by atoms with Gasteiger partial charge in [0.2, 0.25) is 5.91 Å². The summed E-state index contributed by atoms with van der Waals surface area (Å²) >= 11 is 4.43. The van der Waals surface area contributed by atoms with E-state index in [1.807, 2.05) is 25.7 Å². The molecule has 2 atom stereocenters. The van der Waals surface area contributed by atoms with Crippen LogP contribution in [-0.2, 0) is 9.53 Å². The molecule has 2 heterocycles. The zero-order valence-electron chi connectivity index (χ0n) is 12.5. The predicted molar refractivity (Wildman–Crippen MR) is 79.9 cm³/mol. The smallest absolute Gasteiger partial charge is 0.411 e. The van der Waals surface area contributed by atoms with E-state index in [1.165, 1.54) is 0 Å². The van der Waals surface area contributed by atoms with E-state index in [-0.39, 0.29) is 11.2 Å². The summed E-state index contributed by atoms with van der Waals surface area (Å²) in [5.74, 6) is 0.0462. The highest BCUT2D eigenvalue weighted by Crippen LogP contribution is 2.26. The molecule has 6 heteroatoms. The number of thiol groups is 1. The molecule has 114 valence electrons. The van der Waals surface area contributed by atoms with Crippen LogP contribution in [0.5, 0.6) is 0 Å². The van der Waals surface area contributed by atoms with Crippen LogP contribution >= 0.6 is 12.6 Å². The number of rotatable bonds is 1. The van der Waals surface area contributed by atoms with Crippen LogP contribution in [0.25, 0.3) is 0 Å². The molecule has 0 spiro atoms. The van der Waals surface area contributed by atoms with E-state index in [1.54, 1.807) is 4.90 Å². The third kappa shape index (κ3) is 3.59. The van der Waals surface area contributed by atoms with E-state index >= 15 is 0 Å². The van der Waals surface area contributed by atoms with Gasteiger partial charge in [-0.25, -0.2) is 4.79 Å². The summed E-state index contributed by atoms with van der Waals surface area (Å²) in [5.41, 5.74) is -0.549. The largest absolute Gasteiger partial charge is 0.444 e. The number of carbonyl (C=O) groups excluding carboxylic acids is 2. The molecule has 0 unspecified atom stereocenters. The van der Waals surface area contributed by atoms with Gasteiger partial charge < -0.3 is 9.64 Å². The highest BCUT2D eigenvalue weighted by Gasteiger charge is 2.42. The van der Waals surface area contributed by atoms with Crippen molar-refractivity contribution in [3.05, 3.63) is 0 Å². The van der Waals surface area contributed by atoms with Gasteiger partial charge in [-0.05, 0) is 40.0 Å². The van der Waals surface area contributed by atoms with Crippen LogP contribution in [0.3, 0.4) is 0 Å². The minimum atomic E-state index is -0.549. The number of hydrogen-bond donors (Lipinski definition) is 1. The lowest BCUT2D eigenvalue weighted by molar-refractivity contribution is -0.134. The monoisotopic (exact) mass is 300 g/mol. The van der Waals surface area contributed by atoms with Gasteiger partial charge in [0.15, 0.2) is 0 Å². The first-order valence-corrected chi connectivity index (χ1v) is 7.76. The van der Waals surface area contributed by atoms with E-state index in [9.17, 15) is 9.59 Å². The molecule has 0 bridgehead atoms. The van der Waals surface area contributed by atoms with E-state index in [2.05, 4.69) is 12.6 Å². The molecule has 0 saturated carbocycles. The van der Waals surface area contributed by atoms with Crippen molar-refractivity contribution < 1.29 is 14.3 Å². The second-order valence-corrected chi connectivity index (χ2v) is 7.30. The van der Waals surface area contributed by atoms with Crippen LogP contribution in [0.15, 0.2) is 0 Å². The Bertz CT molecular complexity index is 388. The van der Waals surface area contributed by atoms with Crippen molar-refractivity contribution in [3.63, 3.8) is 0 Å². The Morgan fingerprint density at radius 2 is 1.80 bits per heavy atom. The van der Waals surface area contributed by atoms with E-state index in [0.717, 1.165) is 25.9 Å². The normalized spacial score (nSPS) is 27.0. The van der Waals surface area contributed by atoms with Crippen LogP contribution in [0.4, 0.5) is 4.79 Å². The molecule has 0 radical (unpaired) electrons. The van der Waals surface area contributed by atoms with E-state index in [0.29, 0.717) is 13.0 Å². The zero-order chi connectivity index (χ0) is 14.9. The molecule has 5 nitrogen and oxygen atoms in total. The van der Waals surface area contributed by atoms with Crippen LogP contribution in [0.2, 0.25) is 0 Å². The fourth-order valence-corrected chi connectivity index (χ4v) is 3.09. The number of amides is 2. The van der Waals surface area contributed by atoms with Gasteiger partial charge in [-0.2, -0.15) is 12.6 Å². The maximum atomic E-state index is 12.5. The van der Waals surface area contributed by atoms with Crippen LogP contribution in [0, 0.1) is 0 Å². The van der Waals surface area contributed by atoms with E-state index < -0.39 is 17.7 Å². The second-order valence-electron chi connectivity index (χ2n) is 6.57. The molecule has 0 aliphatic carbocycles. The Balaban J connectivity index is 2.06. The number of likely N-dealkylation sites (tertiary alicyclic amines) is 2. The first kappa shape index (κ1) is 15.5. The second kappa shape index (κ2) is 5.84. The zero-order valence-corrected chi connectivity index (χ0v) is 13.4. The molecule has 2 fully saturated rings. The molecule has 2 aliphatic heterocycles. The highest BCUT2D eigenvalue weighted by molar-refractivity contribution is 7.81. The molecule has 0 aromatic heterocycles. The van der Waals surface area contributed by atoms with Gasteiger partial charge in [-0.15, -0.1) is 0 Å². The average Bonchev–Trinajstić information content (AvgIpc) is 2.94. The van der Waals surface area contributed by atoms with Crippen molar-refractivity contribution in [3.8, 4) is 0 Å². The van der Waals surface area contributed by atoms with Crippen molar-refractivity contribution in [2.75, 3.05) is 19.6 Å². The quantitative estimate of drug-likeness (QED) is 0.753. The summed E-state index contributed by atoms with van der Waals surface area (Å²) in [4.78, 5) is 28.2. The summed E-state index contributed by atoms with van der Waals surface area (Å²) < 4.78 is 5.40. The van der Waals surface area contributed by atoms with Crippen molar-refractivity contribution in [1.82, 2.24) is 9.80 Å². The predicted octanol–water partition coefficient (Wildman–Crippen LogP) is 1.92. The lowest BCUT2D eigenvalue weighted by Gasteiger charge is -2.30. The van der Waals surface area contributed by atoms with Crippen molar-refractivity contribution >= 4 is 24.6 Å². The van der Waals surface area contributed by atoms with Gasteiger partial charge in [0.1, 0.15) is 11.6 Å². The number of carbonyl (C=O) groups is 2. The van der Waals surface area contributed by atoms with Crippen molar-refractivity contribution in [1.29, 1.82) is 0 Å². The fraction of sp³-hybridized carbons (Fsp3) is 0.857. The molecular formula is C14H24N2O3S. The van der Waals surface area contributed by atoms with Gasteiger partial charge in [-0.3, -0.25) is 9.69 Å². The van der Waals surface area contributed by atoms with Crippen LogP contribution in [-0.4, -0.2) is 58.3 Å². The molecule has 0 N–H and O–H groups in total. The third-order valence-corrected chi connectivity index (χ3v) is 3.98. The van der Waals surface area contributed by atoms with Gasteiger partial charge >= 0.3 is 6.09 Å². The topological polar surface area (TPSA) is 49.9 Å². The molecule has 2 saturated heterocycles. The lowest BCUT2D eigenvalue weighted by Crippen LogP contribution is -2.48. The Labute approximate surface area is 126 Å². The summed E-state index contributed by atoms with van der Waals surface area (Å²) in [6.45, 7) is 7.56. The van der Waals surface area contributed by atoms with Crippen LogP contribution in [0.1, 0.15) is 40.0 Å². The summed E-state index contributed by atoms with van der Waals surface area (Å²) in [7, 11) is 0. The highest BCUT2D eigenvalue weighted by atomic mass is 32.1. The molecule has 20 heavy (non-hydrogen) atoms. The summed E-state index contributed by atoms with van der Waals surface area (Å²) in [6, 6.07) is -0.412. The Morgan fingerprint density at radius 3 is 2.35 bits per heavy atom. The minimum absolute atomic E-state index is 0.0408. The molecule has 2 aliphatic rings. The molecule has 0 aromatic carbocycles. The van der Waals surface area contributed by atoms with Crippen molar-refractivity contribution in [2.24, 2.45) is 0 Å². The molecule has 2 amide bonds. The average molecular weight is 300 g/mol. The number of hydrogen-bond acceptors (Lipinski definition) is 4.